The number of carbonyl (C=O) groups is 4. The first-order chi connectivity index (χ1) is 45.8. The number of allylic oxidation sites excluding steroid dienone is 4. The van der Waals surface area contributed by atoms with Crippen molar-refractivity contribution in [1.82, 2.24) is 0 Å². The lowest BCUT2D eigenvalue weighted by Gasteiger charge is -2.21. The summed E-state index contributed by atoms with van der Waals surface area (Å²) in [6.07, 6.45) is 54.9. The maximum atomic E-state index is 13.1. The summed E-state index contributed by atoms with van der Waals surface area (Å²) in [5, 5.41) is 10.6. The Bertz CT molecular complexity index is 1950. The number of carbonyl (C=O) groups excluding carboxylic acids is 4. The quantitative estimate of drug-likeness (QED) is 0.0169. The van der Waals surface area contributed by atoms with Crippen LogP contribution in [0.4, 0.5) is 0 Å². The van der Waals surface area contributed by atoms with Gasteiger partial charge in [0.1, 0.15) is 19.3 Å². The summed E-state index contributed by atoms with van der Waals surface area (Å²) in [6.45, 7) is 11.8. The fourth-order valence-corrected chi connectivity index (χ4v) is 12.6. The molecule has 0 bridgehead atoms. The molecular formula is C76H144O17P2. The van der Waals surface area contributed by atoms with E-state index in [4.69, 9.17) is 37.0 Å². The highest BCUT2D eigenvalue weighted by Crippen LogP contribution is 2.45. The minimum atomic E-state index is -4.96. The van der Waals surface area contributed by atoms with Crippen molar-refractivity contribution < 1.29 is 80.2 Å². The molecule has 0 radical (unpaired) electrons. The van der Waals surface area contributed by atoms with Crippen molar-refractivity contribution in [2.45, 2.75) is 381 Å². The van der Waals surface area contributed by atoms with Gasteiger partial charge in [0.25, 0.3) is 0 Å². The molecular weight excluding hydrogens is 1250 g/mol. The van der Waals surface area contributed by atoms with E-state index in [-0.39, 0.29) is 25.7 Å². The molecule has 95 heavy (non-hydrogen) atoms. The number of hydrogen-bond acceptors (Lipinski definition) is 15. The van der Waals surface area contributed by atoms with Crippen LogP contribution in [0.5, 0.6) is 0 Å². The van der Waals surface area contributed by atoms with E-state index in [1.807, 2.05) is 0 Å². The second-order valence-corrected chi connectivity index (χ2v) is 30.8. The molecule has 0 spiro atoms. The molecule has 0 aliphatic heterocycles. The standard InChI is InChI=1S/C76H144O17P2/c1-8-10-11-12-13-14-15-16-17-20-23-29-36-43-50-57-73(78)86-63-71(92-76(81)60-53-46-38-31-26-25-28-35-42-49-56-69(7)9-2)65-90-94(82,83)88-61-70(77)62-89-95(84,85)91-66-72(64-87-74(79)58-51-44-39-32-34-41-48-55-68(5)6)93-75(80)59-52-45-37-30-24-21-18-19-22-27-33-40-47-54-67(3)4/h14-17,67-72,77H,8-13,18-66H2,1-7H3,(H,82,83)(H,84,85)/b15-14-,17-16-/t69?,70?,71-,72-/m1/s1. The summed E-state index contributed by atoms with van der Waals surface area (Å²) in [6, 6.07) is 0. The van der Waals surface area contributed by atoms with Gasteiger partial charge in [0.15, 0.2) is 12.2 Å². The van der Waals surface area contributed by atoms with Crippen molar-refractivity contribution in [3.63, 3.8) is 0 Å². The van der Waals surface area contributed by atoms with Crippen LogP contribution in [-0.4, -0.2) is 96.7 Å². The maximum absolute atomic E-state index is 13.1. The van der Waals surface area contributed by atoms with Gasteiger partial charge in [-0.15, -0.1) is 0 Å². The molecule has 0 aromatic rings. The van der Waals surface area contributed by atoms with Crippen LogP contribution in [0.25, 0.3) is 0 Å². The predicted molar refractivity (Wildman–Crippen MR) is 386 cm³/mol. The van der Waals surface area contributed by atoms with Crippen LogP contribution < -0.4 is 0 Å². The summed E-state index contributed by atoms with van der Waals surface area (Å²) in [5.41, 5.74) is 0. The molecule has 0 aromatic carbocycles. The first-order valence-corrected chi connectivity index (χ1v) is 41.7. The third kappa shape index (κ3) is 68.5. The fourth-order valence-electron chi connectivity index (χ4n) is 11.0. The Morgan fingerprint density at radius 3 is 0.937 bits per heavy atom. The van der Waals surface area contributed by atoms with E-state index in [2.05, 4.69) is 72.8 Å². The lowest BCUT2D eigenvalue weighted by molar-refractivity contribution is -0.161. The second-order valence-electron chi connectivity index (χ2n) is 27.9. The number of hydrogen-bond donors (Lipinski definition) is 3. The average Bonchev–Trinajstić information content (AvgIpc) is 3.24. The zero-order valence-electron chi connectivity index (χ0n) is 61.6. The van der Waals surface area contributed by atoms with Gasteiger partial charge in [0, 0.05) is 25.7 Å². The summed E-state index contributed by atoms with van der Waals surface area (Å²) >= 11 is 0. The van der Waals surface area contributed by atoms with Crippen LogP contribution in [0.15, 0.2) is 24.3 Å². The van der Waals surface area contributed by atoms with E-state index in [1.54, 1.807) is 0 Å². The monoisotopic (exact) mass is 1390 g/mol. The molecule has 0 fully saturated rings. The normalized spacial score (nSPS) is 14.5. The molecule has 0 heterocycles. The van der Waals surface area contributed by atoms with Crippen molar-refractivity contribution in [3.8, 4) is 0 Å². The van der Waals surface area contributed by atoms with Crippen LogP contribution in [0.2, 0.25) is 0 Å². The Labute approximate surface area is 580 Å². The lowest BCUT2D eigenvalue weighted by atomic mass is 9.99. The second kappa shape index (κ2) is 66.1. The number of aliphatic hydroxyl groups excluding tert-OH is 1. The van der Waals surface area contributed by atoms with Gasteiger partial charge in [-0.05, 0) is 69.1 Å². The van der Waals surface area contributed by atoms with Gasteiger partial charge < -0.3 is 33.8 Å². The molecule has 4 unspecified atom stereocenters. The van der Waals surface area contributed by atoms with Crippen LogP contribution in [0.1, 0.15) is 363 Å². The first kappa shape index (κ1) is 92.5. The first-order valence-electron chi connectivity index (χ1n) is 38.7. The smallest absolute Gasteiger partial charge is 0.462 e. The third-order valence-electron chi connectivity index (χ3n) is 17.4. The van der Waals surface area contributed by atoms with E-state index in [9.17, 15) is 43.2 Å². The van der Waals surface area contributed by atoms with Gasteiger partial charge in [-0.2, -0.15) is 0 Å². The van der Waals surface area contributed by atoms with Crippen molar-refractivity contribution in [2.75, 3.05) is 39.6 Å². The Balaban J connectivity index is 5.29. The van der Waals surface area contributed by atoms with E-state index in [0.717, 1.165) is 127 Å². The molecule has 3 N–H and O–H groups in total. The number of ether oxygens (including phenoxy) is 4. The molecule has 17 nitrogen and oxygen atoms in total. The minimum Gasteiger partial charge on any atom is -0.462 e. The number of aliphatic hydroxyl groups is 1. The van der Waals surface area contributed by atoms with Crippen LogP contribution in [0, 0.1) is 17.8 Å². The van der Waals surface area contributed by atoms with E-state index < -0.39 is 97.5 Å². The van der Waals surface area contributed by atoms with Gasteiger partial charge in [-0.1, -0.05) is 310 Å². The highest BCUT2D eigenvalue weighted by molar-refractivity contribution is 7.47. The summed E-state index contributed by atoms with van der Waals surface area (Å²) in [5.74, 6) is 0.140. The summed E-state index contributed by atoms with van der Waals surface area (Å²) < 4.78 is 68.5. The highest BCUT2D eigenvalue weighted by atomic mass is 31.2. The minimum absolute atomic E-state index is 0.0990. The highest BCUT2D eigenvalue weighted by Gasteiger charge is 2.30. The molecule has 0 saturated carbocycles. The Morgan fingerprint density at radius 1 is 0.347 bits per heavy atom. The SMILES string of the molecule is CCCCCC/C=C\C=C/CCCCCCCC(=O)OC[C@H](COP(=O)(O)OCC(O)COP(=O)(O)OC[C@@H](COC(=O)CCCCCCCCCC(C)C)OC(=O)CCCCCCCCCCCCCCCC(C)C)OC(=O)CCCCCCCCCCCCC(C)CC. The van der Waals surface area contributed by atoms with Crippen molar-refractivity contribution in [1.29, 1.82) is 0 Å². The maximum Gasteiger partial charge on any atom is 0.472 e. The van der Waals surface area contributed by atoms with E-state index in [0.29, 0.717) is 31.6 Å². The predicted octanol–water partition coefficient (Wildman–Crippen LogP) is 21.7. The molecule has 0 aromatic heterocycles. The van der Waals surface area contributed by atoms with Gasteiger partial charge in [-0.25, -0.2) is 9.13 Å². The van der Waals surface area contributed by atoms with Crippen molar-refractivity contribution in [2.24, 2.45) is 17.8 Å². The number of phosphoric acid groups is 2. The molecule has 6 atom stereocenters. The molecule has 0 rings (SSSR count). The molecule has 19 heteroatoms. The Hall–Kier alpha value is -2.46. The van der Waals surface area contributed by atoms with Gasteiger partial charge in [0.05, 0.1) is 26.4 Å². The number of phosphoric ester groups is 2. The zero-order chi connectivity index (χ0) is 70.1. The van der Waals surface area contributed by atoms with E-state index in [1.165, 1.54) is 148 Å². The third-order valence-corrected chi connectivity index (χ3v) is 19.3. The lowest BCUT2D eigenvalue weighted by Crippen LogP contribution is -2.30. The summed E-state index contributed by atoms with van der Waals surface area (Å²) in [4.78, 5) is 72.8. The molecule has 0 saturated heterocycles. The number of unbranched alkanes of at least 4 members (excludes halogenated alkanes) is 36. The molecule has 0 amide bonds. The van der Waals surface area contributed by atoms with Gasteiger partial charge in [-0.3, -0.25) is 37.3 Å². The summed E-state index contributed by atoms with van der Waals surface area (Å²) in [7, 11) is -9.92. The van der Waals surface area contributed by atoms with Gasteiger partial charge >= 0.3 is 39.5 Å². The fraction of sp³-hybridized carbons (Fsp3) is 0.895. The largest absolute Gasteiger partial charge is 0.472 e. The topological polar surface area (TPSA) is 237 Å². The Morgan fingerprint density at radius 2 is 0.621 bits per heavy atom. The van der Waals surface area contributed by atoms with Crippen molar-refractivity contribution in [3.05, 3.63) is 24.3 Å². The molecule has 0 aliphatic carbocycles. The Kier molecular flexibility index (Phi) is 64.4. The van der Waals surface area contributed by atoms with Gasteiger partial charge in [0.2, 0.25) is 0 Å². The zero-order valence-corrected chi connectivity index (χ0v) is 63.4. The van der Waals surface area contributed by atoms with Crippen LogP contribution in [0.3, 0.4) is 0 Å². The molecule has 0 aliphatic rings. The molecule has 560 valence electrons. The average molecular weight is 1390 g/mol. The van der Waals surface area contributed by atoms with Crippen LogP contribution in [-0.2, 0) is 65.4 Å². The van der Waals surface area contributed by atoms with E-state index >= 15 is 0 Å². The van der Waals surface area contributed by atoms with Crippen molar-refractivity contribution >= 4 is 39.5 Å². The number of rotatable bonds is 72. The van der Waals surface area contributed by atoms with Crippen LogP contribution >= 0.6 is 15.6 Å². The number of esters is 4.